The monoisotopic (exact) mass is 528 g/mol. The van der Waals surface area contributed by atoms with E-state index in [1.165, 1.54) is 35.5 Å². The highest BCUT2D eigenvalue weighted by molar-refractivity contribution is 7.81. The van der Waals surface area contributed by atoms with Gasteiger partial charge in [0.05, 0.1) is 34.9 Å². The highest BCUT2D eigenvalue weighted by Gasteiger charge is 2.37. The predicted molar refractivity (Wildman–Crippen MR) is 129 cm³/mol. The molecule has 0 radical (unpaired) electrons. The summed E-state index contributed by atoms with van der Waals surface area (Å²) < 4.78 is 55.4. The molecular weight excluding hydrogens is 512 g/mol. The number of pyridine rings is 2. The average molecular weight is 528 g/mol. The lowest BCUT2D eigenvalue weighted by Gasteiger charge is -2.30. The lowest BCUT2D eigenvalue weighted by Crippen LogP contribution is -2.44. The first-order valence-electron chi connectivity index (χ1n) is 10.7. The van der Waals surface area contributed by atoms with Gasteiger partial charge in [0, 0.05) is 24.8 Å². The summed E-state index contributed by atoms with van der Waals surface area (Å²) in [7, 11) is 0. The largest absolute Gasteiger partial charge is 0.419 e. The lowest BCUT2D eigenvalue weighted by atomic mass is 10.1. The van der Waals surface area contributed by atoms with Crippen LogP contribution in [0.2, 0.25) is 0 Å². The van der Waals surface area contributed by atoms with Gasteiger partial charge in [-0.2, -0.15) is 18.4 Å². The van der Waals surface area contributed by atoms with Gasteiger partial charge in [-0.05, 0) is 55.0 Å². The third-order valence-electron chi connectivity index (χ3n) is 5.42. The number of amides is 2. The quantitative estimate of drug-likeness (QED) is 0.388. The van der Waals surface area contributed by atoms with Crippen molar-refractivity contribution in [1.82, 2.24) is 9.97 Å². The van der Waals surface area contributed by atoms with Crippen LogP contribution in [-0.4, -0.2) is 33.4 Å². The van der Waals surface area contributed by atoms with E-state index >= 15 is 0 Å². The number of carbonyl (C=O) groups is 2. The van der Waals surface area contributed by atoms with Gasteiger partial charge in [0.2, 0.25) is 5.91 Å². The van der Waals surface area contributed by atoms with Crippen LogP contribution in [-0.2, 0) is 11.0 Å². The Labute approximate surface area is 213 Å². The summed E-state index contributed by atoms with van der Waals surface area (Å²) in [6.07, 6.45) is -0.801. The summed E-state index contributed by atoms with van der Waals surface area (Å²) in [6, 6.07) is 8.90. The van der Waals surface area contributed by atoms with Crippen LogP contribution in [0.1, 0.15) is 34.5 Å². The van der Waals surface area contributed by atoms with Crippen molar-refractivity contribution >= 4 is 46.2 Å². The Morgan fingerprint density at radius 3 is 2.59 bits per heavy atom. The predicted octanol–water partition coefficient (Wildman–Crippen LogP) is 4.68. The molecule has 0 bridgehead atoms. The molecule has 8 nitrogen and oxygen atoms in total. The Bertz CT molecular complexity index is 1420. The molecule has 2 amide bonds. The maximum absolute atomic E-state index is 15.0. The zero-order valence-electron chi connectivity index (χ0n) is 18.8. The fourth-order valence-electron chi connectivity index (χ4n) is 3.69. The van der Waals surface area contributed by atoms with Gasteiger partial charge >= 0.3 is 6.18 Å². The molecule has 37 heavy (non-hydrogen) atoms. The second-order valence-corrected chi connectivity index (χ2v) is 8.19. The Hall–Kier alpha value is -4.44. The average Bonchev–Trinajstić information content (AvgIpc) is 3.01. The van der Waals surface area contributed by atoms with Crippen LogP contribution in [0.15, 0.2) is 55.0 Å². The summed E-state index contributed by atoms with van der Waals surface area (Å²) >= 11 is 5.44. The van der Waals surface area contributed by atoms with Gasteiger partial charge in [-0.1, -0.05) is 0 Å². The van der Waals surface area contributed by atoms with Crippen molar-refractivity contribution < 1.29 is 27.2 Å². The molecule has 4 rings (SSSR count). The second-order valence-electron chi connectivity index (χ2n) is 7.83. The Kier molecular flexibility index (Phi) is 7.12. The Morgan fingerprint density at radius 1 is 1.16 bits per heavy atom. The topological polar surface area (TPSA) is 102 Å². The van der Waals surface area contributed by atoms with Crippen LogP contribution in [0, 0.1) is 17.1 Å². The number of hydrogen-bond donors (Lipinski definition) is 1. The number of nitriles is 1. The maximum atomic E-state index is 15.0. The van der Waals surface area contributed by atoms with E-state index in [9.17, 15) is 27.2 Å². The molecule has 3 heterocycles. The van der Waals surface area contributed by atoms with Crippen LogP contribution >= 0.6 is 12.2 Å². The molecular formula is C24H16F4N6O2S. The van der Waals surface area contributed by atoms with Crippen LogP contribution < -0.4 is 15.1 Å². The molecule has 1 saturated heterocycles. The molecule has 2 aromatic heterocycles. The van der Waals surface area contributed by atoms with Crippen molar-refractivity contribution in [2.45, 2.75) is 19.0 Å². The van der Waals surface area contributed by atoms with Crippen LogP contribution in [0.25, 0.3) is 0 Å². The standard InChI is InChI=1S/C24H16F4N6O2S/c25-19-10-15(5-6-17(19)22(36)32-14-3-1-7-30-12-14)33-8-2-4-21(35)34(23(33)37)16-9-18(24(26,27)28)20(11-29)31-13-16/h1,3,5-7,9-10,12-13H,2,4,8H2,(H,32,36). The van der Waals surface area contributed by atoms with Gasteiger partial charge in [-0.25, -0.2) is 9.37 Å². The summed E-state index contributed by atoms with van der Waals surface area (Å²) in [5.74, 6) is -2.17. The number of anilines is 3. The van der Waals surface area contributed by atoms with Crippen LogP contribution in [0.5, 0.6) is 0 Å². The van der Waals surface area contributed by atoms with Gasteiger partial charge in [-0.3, -0.25) is 19.5 Å². The molecule has 1 N–H and O–H groups in total. The molecule has 0 spiro atoms. The molecule has 0 saturated carbocycles. The van der Waals surface area contributed by atoms with E-state index in [1.54, 1.807) is 12.1 Å². The van der Waals surface area contributed by atoms with E-state index in [2.05, 4.69) is 15.3 Å². The molecule has 1 aliphatic rings. The fourth-order valence-corrected chi connectivity index (χ4v) is 4.09. The summed E-state index contributed by atoms with van der Waals surface area (Å²) in [5.41, 5.74) is -2.13. The summed E-state index contributed by atoms with van der Waals surface area (Å²) in [4.78, 5) is 35.0. The van der Waals surface area contributed by atoms with Crippen molar-refractivity contribution in [2.24, 2.45) is 0 Å². The molecule has 1 aliphatic heterocycles. The first kappa shape index (κ1) is 25.6. The number of halogens is 4. The zero-order chi connectivity index (χ0) is 26.7. The number of rotatable bonds is 4. The normalized spacial score (nSPS) is 14.2. The first-order valence-corrected chi connectivity index (χ1v) is 11.1. The maximum Gasteiger partial charge on any atom is 0.419 e. The number of carbonyl (C=O) groups excluding carboxylic acids is 2. The Morgan fingerprint density at radius 2 is 1.95 bits per heavy atom. The number of nitrogens with one attached hydrogen (secondary N) is 1. The van der Waals surface area contributed by atoms with Gasteiger partial charge in [0.1, 0.15) is 11.9 Å². The van der Waals surface area contributed by atoms with Crippen molar-refractivity contribution in [3.8, 4) is 6.07 Å². The van der Waals surface area contributed by atoms with Crippen molar-refractivity contribution in [2.75, 3.05) is 21.7 Å². The van der Waals surface area contributed by atoms with Gasteiger partial charge in [0.15, 0.2) is 10.8 Å². The number of benzene rings is 1. The highest BCUT2D eigenvalue weighted by Crippen LogP contribution is 2.34. The van der Waals surface area contributed by atoms with Crippen molar-refractivity contribution in [1.29, 1.82) is 5.26 Å². The zero-order valence-corrected chi connectivity index (χ0v) is 19.6. The SMILES string of the molecule is N#Cc1ncc(N2C(=O)CCCN(c3ccc(C(=O)Nc4cccnc4)c(F)c3)C2=S)cc1C(F)(F)F. The van der Waals surface area contributed by atoms with Gasteiger partial charge in [0.25, 0.3) is 5.91 Å². The molecule has 1 fully saturated rings. The van der Waals surface area contributed by atoms with E-state index in [0.29, 0.717) is 11.8 Å². The first-order chi connectivity index (χ1) is 17.6. The van der Waals surface area contributed by atoms with Gasteiger partial charge in [-0.15, -0.1) is 0 Å². The third-order valence-corrected chi connectivity index (χ3v) is 5.82. The summed E-state index contributed by atoms with van der Waals surface area (Å²) in [5, 5.41) is 11.3. The highest BCUT2D eigenvalue weighted by atomic mass is 32.1. The lowest BCUT2D eigenvalue weighted by molar-refractivity contribution is -0.138. The van der Waals surface area contributed by atoms with E-state index in [1.807, 2.05) is 0 Å². The van der Waals surface area contributed by atoms with Crippen molar-refractivity contribution in [3.63, 3.8) is 0 Å². The molecule has 13 heteroatoms. The van der Waals surface area contributed by atoms with Crippen LogP contribution in [0.4, 0.5) is 34.6 Å². The smallest absolute Gasteiger partial charge is 0.320 e. The number of alkyl halides is 3. The van der Waals surface area contributed by atoms with E-state index < -0.39 is 35.1 Å². The minimum atomic E-state index is -4.89. The second kappa shape index (κ2) is 10.3. The fraction of sp³-hybridized carbons (Fsp3) is 0.167. The van der Waals surface area contributed by atoms with E-state index in [-0.39, 0.29) is 41.4 Å². The van der Waals surface area contributed by atoms with Crippen molar-refractivity contribution in [3.05, 3.63) is 77.6 Å². The van der Waals surface area contributed by atoms with E-state index in [0.717, 1.165) is 17.2 Å². The molecule has 188 valence electrons. The summed E-state index contributed by atoms with van der Waals surface area (Å²) in [6.45, 7) is 0.164. The molecule has 0 aliphatic carbocycles. The van der Waals surface area contributed by atoms with E-state index in [4.69, 9.17) is 17.5 Å². The molecule has 3 aromatic rings. The molecule has 0 atom stereocenters. The number of thiocarbonyl (C=S) groups is 1. The van der Waals surface area contributed by atoms with Gasteiger partial charge < -0.3 is 10.2 Å². The molecule has 1 aromatic carbocycles. The third kappa shape index (κ3) is 5.39. The molecule has 0 unspecified atom stereocenters. The number of aromatic nitrogens is 2. The number of nitrogens with zero attached hydrogens (tertiary/aromatic N) is 5. The Balaban J connectivity index is 1.65. The minimum absolute atomic E-state index is 0.0495. The minimum Gasteiger partial charge on any atom is -0.320 e. The van der Waals surface area contributed by atoms with Crippen LogP contribution in [0.3, 0.4) is 0 Å². The number of hydrogen-bond acceptors (Lipinski definition) is 6.